The molecule has 0 bridgehead atoms. The summed E-state index contributed by atoms with van der Waals surface area (Å²) in [6.07, 6.45) is 1.46. The van der Waals surface area contributed by atoms with Crippen molar-refractivity contribution in [2.24, 2.45) is 5.73 Å². The monoisotopic (exact) mass is 536 g/mol. The minimum Gasteiger partial charge on any atom is -0.490 e. The van der Waals surface area contributed by atoms with Crippen molar-refractivity contribution >= 4 is 57.1 Å². The second-order valence-corrected chi connectivity index (χ2v) is 8.64. The highest BCUT2D eigenvalue weighted by Crippen LogP contribution is 2.38. The van der Waals surface area contributed by atoms with Crippen LogP contribution in [-0.4, -0.2) is 29.0 Å². The Morgan fingerprint density at radius 2 is 1.97 bits per heavy atom. The molecule has 9 nitrogen and oxygen atoms in total. The van der Waals surface area contributed by atoms with Gasteiger partial charge in [0.05, 0.1) is 38.9 Å². The number of nitrogens with one attached hydrogen (secondary N) is 2. The van der Waals surface area contributed by atoms with Crippen LogP contribution in [0.1, 0.15) is 18.2 Å². The van der Waals surface area contributed by atoms with E-state index in [-0.39, 0.29) is 19.1 Å². The topological polar surface area (TPSA) is 135 Å². The number of halogens is 2. The first-order chi connectivity index (χ1) is 17.9. The van der Waals surface area contributed by atoms with Crippen LogP contribution < -0.4 is 25.8 Å². The molecule has 0 saturated carbocycles. The third kappa shape index (κ3) is 6.37. The molecule has 37 heavy (non-hydrogen) atoms. The van der Waals surface area contributed by atoms with E-state index >= 15 is 0 Å². The number of anilines is 3. The lowest BCUT2D eigenvalue weighted by atomic mass is 10.1. The molecule has 0 aliphatic carbocycles. The predicted octanol–water partition coefficient (Wildman–Crippen LogP) is 5.43. The Morgan fingerprint density at radius 1 is 1.14 bits per heavy atom. The fourth-order valence-electron chi connectivity index (χ4n) is 3.52. The fourth-order valence-corrected chi connectivity index (χ4v) is 3.92. The van der Waals surface area contributed by atoms with E-state index < -0.39 is 0 Å². The molecule has 11 heteroatoms. The molecule has 0 unspecified atom stereocenters. The number of fused-ring (bicyclic) bond motifs is 1. The molecule has 0 aliphatic rings. The highest BCUT2D eigenvalue weighted by Gasteiger charge is 2.16. The lowest BCUT2D eigenvalue weighted by Gasteiger charge is -2.17. The molecule has 1 amide bonds. The van der Waals surface area contributed by atoms with Crippen LogP contribution >= 0.6 is 23.2 Å². The zero-order valence-corrected chi connectivity index (χ0v) is 21.2. The van der Waals surface area contributed by atoms with Gasteiger partial charge in [-0.1, -0.05) is 29.3 Å². The average molecular weight is 537 g/mol. The van der Waals surface area contributed by atoms with Gasteiger partial charge in [0.15, 0.2) is 0 Å². The van der Waals surface area contributed by atoms with Crippen LogP contribution in [0.3, 0.4) is 0 Å². The van der Waals surface area contributed by atoms with E-state index in [1.165, 1.54) is 13.1 Å². The Balaban J connectivity index is 1.66. The summed E-state index contributed by atoms with van der Waals surface area (Å²) in [6, 6.07) is 16.0. The number of amides is 1. The lowest BCUT2D eigenvalue weighted by Crippen LogP contribution is -2.13. The van der Waals surface area contributed by atoms with Gasteiger partial charge in [0, 0.05) is 37.2 Å². The van der Waals surface area contributed by atoms with Crippen LogP contribution in [0.2, 0.25) is 10.2 Å². The van der Waals surface area contributed by atoms with Crippen molar-refractivity contribution in [3.63, 3.8) is 0 Å². The maximum absolute atomic E-state index is 11.8. The number of nitrogens with zero attached hydrogens (tertiary/aromatic N) is 3. The number of aromatic nitrogens is 2. The Bertz CT molecular complexity index is 1510. The number of pyridine rings is 2. The Labute approximate surface area is 223 Å². The van der Waals surface area contributed by atoms with Crippen molar-refractivity contribution in [2.45, 2.75) is 13.5 Å². The van der Waals surface area contributed by atoms with Crippen molar-refractivity contribution in [1.29, 1.82) is 5.26 Å². The zero-order valence-electron chi connectivity index (χ0n) is 19.7. The van der Waals surface area contributed by atoms with Crippen LogP contribution in [0, 0.1) is 11.3 Å². The predicted molar refractivity (Wildman–Crippen MR) is 144 cm³/mol. The highest BCUT2D eigenvalue weighted by molar-refractivity contribution is 6.33. The quantitative estimate of drug-likeness (QED) is 0.241. The molecular weight excluding hydrogens is 515 g/mol. The first kappa shape index (κ1) is 26.0. The number of benzene rings is 2. The van der Waals surface area contributed by atoms with E-state index in [0.29, 0.717) is 67.4 Å². The number of nitrogens with two attached hydrogens (primary N) is 1. The average Bonchev–Trinajstić information content (AvgIpc) is 2.87. The summed E-state index contributed by atoms with van der Waals surface area (Å²) < 4.78 is 11.5. The van der Waals surface area contributed by atoms with Gasteiger partial charge in [0.1, 0.15) is 35.9 Å². The fraction of sp³-hybridized carbons (Fsp3) is 0.154. The smallest absolute Gasteiger partial charge is 0.221 e. The Morgan fingerprint density at radius 3 is 2.68 bits per heavy atom. The van der Waals surface area contributed by atoms with Gasteiger partial charge in [0.2, 0.25) is 5.91 Å². The maximum atomic E-state index is 11.8. The molecule has 4 N–H and O–H groups in total. The van der Waals surface area contributed by atoms with Crippen molar-refractivity contribution in [3.05, 3.63) is 76.2 Å². The molecule has 0 aliphatic heterocycles. The van der Waals surface area contributed by atoms with Crippen molar-refractivity contribution in [2.75, 3.05) is 23.8 Å². The standard InChI is InChI=1S/C26H22Cl2N6O3/c1-15(35)32-23-10-19-22(11-24(23)36-8-7-29)31-13-16(12-30)26(19)34-21-6-5-18(9-20(21)27)37-14-17-3-2-4-25(28)33-17/h2-6,9-11,13H,7-8,14,29H2,1H3,(H,31,34)(H,32,35). The van der Waals surface area contributed by atoms with Crippen LogP contribution in [0.25, 0.3) is 10.9 Å². The van der Waals surface area contributed by atoms with Gasteiger partial charge in [-0.05, 0) is 30.3 Å². The van der Waals surface area contributed by atoms with E-state index in [1.54, 1.807) is 42.5 Å². The largest absolute Gasteiger partial charge is 0.490 e. The van der Waals surface area contributed by atoms with E-state index in [9.17, 15) is 10.1 Å². The number of ether oxygens (including phenoxy) is 2. The van der Waals surface area contributed by atoms with Crippen molar-refractivity contribution in [1.82, 2.24) is 9.97 Å². The molecule has 2 heterocycles. The molecule has 0 radical (unpaired) electrons. The molecule has 0 fully saturated rings. The summed E-state index contributed by atoms with van der Waals surface area (Å²) >= 11 is 12.5. The summed E-state index contributed by atoms with van der Waals surface area (Å²) in [7, 11) is 0. The molecule has 0 saturated heterocycles. The molecule has 0 spiro atoms. The van der Waals surface area contributed by atoms with Crippen LogP contribution in [0.5, 0.6) is 11.5 Å². The maximum Gasteiger partial charge on any atom is 0.221 e. The van der Waals surface area contributed by atoms with E-state index in [4.69, 9.17) is 38.4 Å². The van der Waals surface area contributed by atoms with E-state index in [1.807, 2.05) is 6.07 Å². The van der Waals surface area contributed by atoms with E-state index in [2.05, 4.69) is 26.7 Å². The molecule has 188 valence electrons. The SMILES string of the molecule is CC(=O)Nc1cc2c(Nc3ccc(OCc4cccc(Cl)n4)cc3Cl)c(C#N)cnc2cc1OCCN. The Hall–Kier alpha value is -4.10. The van der Waals surface area contributed by atoms with Gasteiger partial charge in [-0.25, -0.2) is 4.98 Å². The van der Waals surface area contributed by atoms with Gasteiger partial charge in [-0.2, -0.15) is 5.26 Å². The molecule has 4 aromatic rings. The van der Waals surface area contributed by atoms with Crippen LogP contribution in [0.4, 0.5) is 17.1 Å². The van der Waals surface area contributed by atoms with Gasteiger partial charge in [0.25, 0.3) is 0 Å². The summed E-state index contributed by atoms with van der Waals surface area (Å²) in [5.41, 5.74) is 8.53. The third-order valence-corrected chi connectivity index (χ3v) is 5.66. The second kappa shape index (κ2) is 11.8. The molecule has 4 rings (SSSR count). The summed E-state index contributed by atoms with van der Waals surface area (Å²) in [6.45, 7) is 2.18. The number of hydrogen-bond acceptors (Lipinski definition) is 8. The van der Waals surface area contributed by atoms with Gasteiger partial charge in [-0.3, -0.25) is 9.78 Å². The number of hydrogen-bond donors (Lipinski definition) is 3. The van der Waals surface area contributed by atoms with E-state index in [0.717, 1.165) is 0 Å². The minimum atomic E-state index is -0.275. The van der Waals surface area contributed by atoms with Crippen LogP contribution in [0.15, 0.2) is 54.7 Å². The van der Waals surface area contributed by atoms with Crippen LogP contribution in [-0.2, 0) is 11.4 Å². The number of rotatable bonds is 9. The molecule has 2 aromatic heterocycles. The Kier molecular flexibility index (Phi) is 8.25. The van der Waals surface area contributed by atoms with Gasteiger partial charge in [-0.15, -0.1) is 0 Å². The minimum absolute atomic E-state index is 0.220. The molecular formula is C26H22Cl2N6O3. The highest BCUT2D eigenvalue weighted by atomic mass is 35.5. The molecule has 2 aromatic carbocycles. The first-order valence-corrected chi connectivity index (χ1v) is 11.9. The van der Waals surface area contributed by atoms with Crippen molar-refractivity contribution < 1.29 is 14.3 Å². The van der Waals surface area contributed by atoms with Gasteiger partial charge < -0.3 is 25.8 Å². The van der Waals surface area contributed by atoms with Gasteiger partial charge >= 0.3 is 0 Å². The normalized spacial score (nSPS) is 10.6. The summed E-state index contributed by atoms with van der Waals surface area (Å²) in [5.74, 6) is 0.680. The third-order valence-electron chi connectivity index (χ3n) is 5.14. The number of carbonyl (C=O) groups excluding carboxylic acids is 1. The number of carbonyl (C=O) groups is 1. The second-order valence-electron chi connectivity index (χ2n) is 7.85. The zero-order chi connectivity index (χ0) is 26.4. The molecule has 0 atom stereocenters. The number of nitriles is 1. The lowest BCUT2D eigenvalue weighted by molar-refractivity contribution is -0.114. The summed E-state index contributed by atoms with van der Waals surface area (Å²) in [4.78, 5) is 20.4. The summed E-state index contributed by atoms with van der Waals surface area (Å²) in [5, 5.41) is 17.1. The first-order valence-electron chi connectivity index (χ1n) is 11.2. The van der Waals surface area contributed by atoms with Crippen molar-refractivity contribution in [3.8, 4) is 17.6 Å².